The van der Waals surface area contributed by atoms with Gasteiger partial charge in [-0.15, -0.1) is 11.3 Å². The number of ether oxygens (including phenoxy) is 1. The van der Waals surface area contributed by atoms with Crippen LogP contribution in [-0.4, -0.2) is 17.1 Å². The third-order valence-electron chi connectivity index (χ3n) is 3.05. The van der Waals surface area contributed by atoms with E-state index in [0.717, 1.165) is 10.2 Å². The summed E-state index contributed by atoms with van der Waals surface area (Å²) in [6.07, 6.45) is 0. The molecule has 2 aromatic heterocycles. The number of aromatic nitrogens is 1. The van der Waals surface area contributed by atoms with Crippen LogP contribution in [0.2, 0.25) is 0 Å². The Morgan fingerprint density at radius 2 is 2.11 bits per heavy atom. The number of fused-ring (bicyclic) bond motifs is 3. The van der Waals surface area contributed by atoms with Crippen molar-refractivity contribution in [3.05, 3.63) is 36.0 Å². The lowest BCUT2D eigenvalue weighted by molar-refractivity contribution is 0.0516. The van der Waals surface area contributed by atoms with E-state index < -0.39 is 0 Å². The quantitative estimate of drug-likeness (QED) is 0.659. The van der Waals surface area contributed by atoms with Crippen molar-refractivity contribution in [3.63, 3.8) is 0 Å². The average molecular weight is 259 g/mol. The maximum Gasteiger partial charge on any atom is 0.354 e. The Balaban J connectivity index is 2.25. The smallest absolute Gasteiger partial charge is 0.354 e. The molecule has 1 aromatic carbocycles. The average Bonchev–Trinajstić information content (AvgIpc) is 2.88. The van der Waals surface area contributed by atoms with Crippen molar-refractivity contribution in [1.29, 1.82) is 0 Å². The van der Waals surface area contributed by atoms with E-state index in [2.05, 4.69) is 12.1 Å². The van der Waals surface area contributed by atoms with Crippen LogP contribution in [0, 0.1) is 0 Å². The van der Waals surface area contributed by atoms with Crippen LogP contribution in [0.3, 0.4) is 0 Å². The number of hydrogen-bond donors (Lipinski definition) is 0. The van der Waals surface area contributed by atoms with Crippen molar-refractivity contribution in [1.82, 2.24) is 4.57 Å². The largest absolute Gasteiger partial charge is 0.461 e. The van der Waals surface area contributed by atoms with Crippen molar-refractivity contribution >= 4 is 37.6 Å². The Morgan fingerprint density at radius 1 is 1.33 bits per heavy atom. The summed E-state index contributed by atoms with van der Waals surface area (Å²) in [7, 11) is 1.91. The summed E-state index contributed by atoms with van der Waals surface area (Å²) in [4.78, 5) is 12.9. The van der Waals surface area contributed by atoms with Gasteiger partial charge in [-0.1, -0.05) is 18.2 Å². The van der Waals surface area contributed by atoms with Gasteiger partial charge in [0.15, 0.2) is 0 Å². The van der Waals surface area contributed by atoms with Crippen LogP contribution in [0.25, 0.3) is 20.3 Å². The fourth-order valence-electron chi connectivity index (χ4n) is 2.18. The number of esters is 1. The zero-order valence-corrected chi connectivity index (χ0v) is 11.1. The molecule has 0 atom stereocenters. The molecule has 0 unspecified atom stereocenters. The molecule has 0 fully saturated rings. The summed E-state index contributed by atoms with van der Waals surface area (Å²) < 4.78 is 8.22. The van der Waals surface area contributed by atoms with Gasteiger partial charge in [-0.2, -0.15) is 0 Å². The summed E-state index contributed by atoms with van der Waals surface area (Å²) in [5.74, 6) is -0.257. The minimum absolute atomic E-state index is 0.257. The molecule has 0 spiro atoms. The van der Waals surface area contributed by atoms with Gasteiger partial charge in [-0.3, -0.25) is 0 Å². The monoisotopic (exact) mass is 259 g/mol. The molecule has 0 radical (unpaired) electrons. The molecule has 92 valence electrons. The second-order valence-electron chi connectivity index (χ2n) is 4.13. The fourth-order valence-corrected chi connectivity index (χ4v) is 3.34. The van der Waals surface area contributed by atoms with Crippen molar-refractivity contribution in [2.24, 2.45) is 7.05 Å². The number of aryl methyl sites for hydroxylation is 1. The maximum atomic E-state index is 11.8. The number of nitrogens with zero attached hydrogens (tertiary/aromatic N) is 1. The molecular weight excluding hydrogens is 246 g/mol. The molecule has 0 aliphatic heterocycles. The molecule has 0 aliphatic carbocycles. The molecule has 0 saturated heterocycles. The summed E-state index contributed by atoms with van der Waals surface area (Å²) in [5.41, 5.74) is 0.615. The zero-order chi connectivity index (χ0) is 12.7. The molecule has 0 amide bonds. The van der Waals surface area contributed by atoms with Crippen molar-refractivity contribution in [3.8, 4) is 0 Å². The first-order chi connectivity index (χ1) is 8.72. The Labute approximate surface area is 109 Å². The van der Waals surface area contributed by atoms with Crippen LogP contribution in [0.15, 0.2) is 30.3 Å². The molecule has 2 heterocycles. The number of carbonyl (C=O) groups excluding carboxylic acids is 1. The first-order valence-corrected chi connectivity index (χ1v) is 6.68. The predicted molar refractivity (Wildman–Crippen MR) is 74.3 cm³/mol. The van der Waals surface area contributed by atoms with Gasteiger partial charge >= 0.3 is 5.97 Å². The van der Waals surface area contributed by atoms with E-state index in [1.807, 2.05) is 36.7 Å². The summed E-state index contributed by atoms with van der Waals surface area (Å²) in [6.45, 7) is 2.22. The van der Waals surface area contributed by atoms with Crippen LogP contribution in [0.5, 0.6) is 0 Å². The highest BCUT2D eigenvalue weighted by atomic mass is 32.1. The predicted octanol–water partition coefficient (Wildman–Crippen LogP) is 3.57. The normalized spacial score (nSPS) is 11.2. The second kappa shape index (κ2) is 4.14. The molecule has 0 saturated carbocycles. The van der Waals surface area contributed by atoms with E-state index in [4.69, 9.17) is 4.74 Å². The highest BCUT2D eigenvalue weighted by molar-refractivity contribution is 7.25. The van der Waals surface area contributed by atoms with Crippen LogP contribution < -0.4 is 0 Å². The van der Waals surface area contributed by atoms with E-state index >= 15 is 0 Å². The minimum atomic E-state index is -0.257. The molecule has 4 heteroatoms. The molecule has 3 aromatic rings. The Hall–Kier alpha value is -1.81. The minimum Gasteiger partial charge on any atom is -0.461 e. The van der Waals surface area contributed by atoms with E-state index in [0.29, 0.717) is 12.3 Å². The van der Waals surface area contributed by atoms with Crippen LogP contribution in [0.1, 0.15) is 17.4 Å². The van der Waals surface area contributed by atoms with Gasteiger partial charge in [0.2, 0.25) is 0 Å². The first kappa shape index (κ1) is 11.3. The number of carbonyl (C=O) groups is 1. The third-order valence-corrected chi connectivity index (χ3v) is 4.31. The zero-order valence-electron chi connectivity index (χ0n) is 10.3. The number of benzene rings is 1. The Bertz CT molecular complexity index is 739. The van der Waals surface area contributed by atoms with E-state index in [9.17, 15) is 4.79 Å². The van der Waals surface area contributed by atoms with Crippen LogP contribution in [-0.2, 0) is 11.8 Å². The number of rotatable bonds is 2. The highest BCUT2D eigenvalue weighted by Crippen LogP contribution is 2.35. The van der Waals surface area contributed by atoms with Gasteiger partial charge in [-0.25, -0.2) is 4.79 Å². The van der Waals surface area contributed by atoms with Gasteiger partial charge in [0.25, 0.3) is 0 Å². The van der Waals surface area contributed by atoms with Crippen LogP contribution in [0.4, 0.5) is 0 Å². The van der Waals surface area contributed by atoms with Gasteiger partial charge in [0.05, 0.1) is 6.61 Å². The fraction of sp³-hybridized carbons (Fsp3) is 0.214. The number of hydrogen-bond acceptors (Lipinski definition) is 3. The standard InChI is InChI=1S/C14H13NO2S/c1-3-17-14(16)11-8-10-9-6-4-5-7-12(9)18-13(10)15(11)2/h4-8H,3H2,1-2H3. The molecule has 18 heavy (non-hydrogen) atoms. The van der Waals surface area contributed by atoms with Gasteiger partial charge in [0.1, 0.15) is 10.5 Å². The highest BCUT2D eigenvalue weighted by Gasteiger charge is 2.17. The first-order valence-electron chi connectivity index (χ1n) is 5.86. The van der Waals surface area contributed by atoms with Gasteiger partial charge in [-0.05, 0) is 19.1 Å². The summed E-state index contributed by atoms with van der Waals surface area (Å²) in [5, 5.41) is 2.32. The summed E-state index contributed by atoms with van der Waals surface area (Å²) >= 11 is 1.70. The van der Waals surface area contributed by atoms with E-state index in [1.165, 1.54) is 10.1 Å². The Morgan fingerprint density at radius 3 is 2.89 bits per heavy atom. The number of thiophene rings is 1. The molecule has 0 aliphatic rings. The molecule has 3 rings (SSSR count). The van der Waals surface area contributed by atoms with Crippen molar-refractivity contribution in [2.45, 2.75) is 6.92 Å². The SMILES string of the molecule is CCOC(=O)c1cc2c3ccccc3sc2n1C. The third kappa shape index (κ3) is 1.53. The van der Waals surface area contributed by atoms with Crippen molar-refractivity contribution in [2.75, 3.05) is 6.61 Å². The second-order valence-corrected chi connectivity index (χ2v) is 5.16. The Kier molecular flexibility index (Phi) is 2.59. The molecule has 0 bridgehead atoms. The lowest BCUT2D eigenvalue weighted by Crippen LogP contribution is -2.09. The van der Waals surface area contributed by atoms with Crippen molar-refractivity contribution < 1.29 is 9.53 Å². The van der Waals surface area contributed by atoms with Gasteiger partial charge < -0.3 is 9.30 Å². The molecule has 3 nitrogen and oxygen atoms in total. The lowest BCUT2D eigenvalue weighted by Gasteiger charge is -2.02. The maximum absolute atomic E-state index is 11.8. The molecular formula is C14H13NO2S. The van der Waals surface area contributed by atoms with Gasteiger partial charge in [0, 0.05) is 22.5 Å². The van der Waals surface area contributed by atoms with E-state index in [1.54, 1.807) is 11.3 Å². The van der Waals surface area contributed by atoms with E-state index in [-0.39, 0.29) is 5.97 Å². The molecule has 0 N–H and O–H groups in total. The summed E-state index contributed by atoms with van der Waals surface area (Å²) in [6, 6.07) is 10.2. The lowest BCUT2D eigenvalue weighted by atomic mass is 10.2. The van der Waals surface area contributed by atoms with Crippen LogP contribution >= 0.6 is 11.3 Å². The topological polar surface area (TPSA) is 31.2 Å².